The van der Waals surface area contributed by atoms with Crippen molar-refractivity contribution in [1.29, 1.82) is 0 Å². The minimum absolute atomic E-state index is 0.185. The Morgan fingerprint density at radius 2 is 1.86 bits per heavy atom. The molecule has 2 aliphatic heterocycles. The quantitative estimate of drug-likeness (QED) is 0.709. The van der Waals surface area contributed by atoms with E-state index < -0.39 is 33.8 Å². The van der Waals surface area contributed by atoms with Gasteiger partial charge in [0.2, 0.25) is 10.0 Å². The number of sulfonamides is 1. The molecule has 144 valence electrons. The van der Waals surface area contributed by atoms with Crippen LogP contribution in [0.3, 0.4) is 0 Å². The number of nitrogens with one attached hydrogen (secondary N) is 1. The fourth-order valence-corrected chi connectivity index (χ4v) is 5.76. The van der Waals surface area contributed by atoms with E-state index in [0.717, 1.165) is 41.1 Å². The summed E-state index contributed by atoms with van der Waals surface area (Å²) in [6.45, 7) is 0. The third-order valence-electron chi connectivity index (χ3n) is 5.24. The number of benzene rings is 1. The normalized spacial score (nSPS) is 21.4. The summed E-state index contributed by atoms with van der Waals surface area (Å²) in [5, 5.41) is 6.94. The molecule has 0 amide bonds. The van der Waals surface area contributed by atoms with E-state index in [1.165, 1.54) is 4.31 Å². The highest BCUT2D eigenvalue weighted by Gasteiger charge is 2.51. The summed E-state index contributed by atoms with van der Waals surface area (Å²) < 4.78 is 66.6. The molecule has 0 radical (unpaired) electrons. The van der Waals surface area contributed by atoms with Gasteiger partial charge in [-0.05, 0) is 35.9 Å². The highest BCUT2D eigenvalue weighted by Crippen LogP contribution is 2.52. The molecule has 2 unspecified atom stereocenters. The molecule has 2 bridgehead atoms. The number of nitrogens with zero attached hydrogens (tertiary/aromatic N) is 3. The highest BCUT2D eigenvalue weighted by atomic mass is 32.2. The Balaban J connectivity index is 1.63. The zero-order chi connectivity index (χ0) is 19.7. The molecule has 0 saturated carbocycles. The second-order valence-electron chi connectivity index (χ2n) is 6.76. The molecule has 0 spiro atoms. The molecule has 0 aliphatic carbocycles. The number of fused-ring (bicyclic) bond motifs is 7. The van der Waals surface area contributed by atoms with Gasteiger partial charge in [0.15, 0.2) is 0 Å². The summed E-state index contributed by atoms with van der Waals surface area (Å²) in [6, 6.07) is 5.99. The number of alkyl halides is 3. The van der Waals surface area contributed by atoms with E-state index in [1.807, 2.05) is 6.07 Å². The second-order valence-corrected chi connectivity index (χ2v) is 8.60. The molecule has 3 aromatic rings. The topological polar surface area (TPSA) is 79.0 Å². The minimum Gasteiger partial charge on any atom is -0.282 e. The zero-order valence-electron chi connectivity index (χ0n) is 14.2. The zero-order valence-corrected chi connectivity index (χ0v) is 15.0. The van der Waals surface area contributed by atoms with Crippen molar-refractivity contribution >= 4 is 10.0 Å². The number of rotatable bonds is 2. The van der Waals surface area contributed by atoms with Gasteiger partial charge in [-0.3, -0.25) is 10.1 Å². The Morgan fingerprint density at radius 3 is 2.57 bits per heavy atom. The fourth-order valence-electron chi connectivity index (χ4n) is 4.03. The molecule has 1 aromatic carbocycles. The van der Waals surface area contributed by atoms with Crippen molar-refractivity contribution in [1.82, 2.24) is 19.5 Å². The predicted molar refractivity (Wildman–Crippen MR) is 91.6 cm³/mol. The van der Waals surface area contributed by atoms with E-state index in [1.54, 1.807) is 18.5 Å². The van der Waals surface area contributed by atoms with Crippen LogP contribution >= 0.6 is 0 Å². The SMILES string of the molecule is O=S(=O)(c1ccc(C(F)(F)F)cc1)N1C2Cc3[nH]ncc3C1c1cccnc12. The lowest BCUT2D eigenvalue weighted by Gasteiger charge is -2.33. The third-order valence-corrected chi connectivity index (χ3v) is 7.13. The summed E-state index contributed by atoms with van der Waals surface area (Å²) in [5.41, 5.74) is 2.11. The van der Waals surface area contributed by atoms with Crippen LogP contribution in [0.5, 0.6) is 0 Å². The van der Waals surface area contributed by atoms with Crippen molar-refractivity contribution < 1.29 is 21.6 Å². The third kappa shape index (κ3) is 2.34. The summed E-state index contributed by atoms with van der Waals surface area (Å²) in [6.07, 6.45) is -0.962. The van der Waals surface area contributed by atoms with Crippen LogP contribution in [0.4, 0.5) is 13.2 Å². The number of H-pyrrole nitrogens is 1. The highest BCUT2D eigenvalue weighted by molar-refractivity contribution is 7.89. The molecular formula is C18H13F3N4O2S. The van der Waals surface area contributed by atoms with Gasteiger partial charge < -0.3 is 0 Å². The van der Waals surface area contributed by atoms with Gasteiger partial charge in [0, 0.05) is 23.9 Å². The first-order valence-corrected chi connectivity index (χ1v) is 9.90. The van der Waals surface area contributed by atoms with E-state index in [9.17, 15) is 21.6 Å². The van der Waals surface area contributed by atoms with Crippen molar-refractivity contribution in [2.45, 2.75) is 29.6 Å². The van der Waals surface area contributed by atoms with E-state index in [-0.39, 0.29) is 4.90 Å². The summed E-state index contributed by atoms with van der Waals surface area (Å²) in [5.74, 6) is 0. The van der Waals surface area contributed by atoms with Gasteiger partial charge in [-0.2, -0.15) is 22.6 Å². The van der Waals surface area contributed by atoms with Crippen LogP contribution in [0, 0.1) is 0 Å². The first-order chi connectivity index (χ1) is 13.3. The Labute approximate surface area is 158 Å². The smallest absolute Gasteiger partial charge is 0.282 e. The molecule has 0 fully saturated rings. The van der Waals surface area contributed by atoms with Crippen molar-refractivity contribution in [3.63, 3.8) is 0 Å². The van der Waals surface area contributed by atoms with Gasteiger partial charge in [-0.25, -0.2) is 8.42 Å². The molecule has 10 heteroatoms. The van der Waals surface area contributed by atoms with E-state index >= 15 is 0 Å². The number of pyridine rings is 1. The van der Waals surface area contributed by atoms with E-state index in [0.29, 0.717) is 12.1 Å². The van der Waals surface area contributed by atoms with Gasteiger partial charge in [0.25, 0.3) is 0 Å². The average molecular weight is 406 g/mol. The number of aromatic amines is 1. The van der Waals surface area contributed by atoms with Crippen LogP contribution in [0.2, 0.25) is 0 Å². The van der Waals surface area contributed by atoms with Crippen LogP contribution in [-0.4, -0.2) is 27.9 Å². The van der Waals surface area contributed by atoms with Gasteiger partial charge >= 0.3 is 6.18 Å². The van der Waals surface area contributed by atoms with Gasteiger partial charge in [0.1, 0.15) is 0 Å². The number of aromatic nitrogens is 3. The van der Waals surface area contributed by atoms with E-state index in [4.69, 9.17) is 0 Å². The Hall–Kier alpha value is -2.72. The summed E-state index contributed by atoms with van der Waals surface area (Å²) in [7, 11) is -4.06. The Bertz CT molecular complexity index is 1170. The molecular weight excluding hydrogens is 393 g/mol. The lowest BCUT2D eigenvalue weighted by molar-refractivity contribution is -0.137. The first kappa shape index (κ1) is 17.4. The number of hydrogen-bond donors (Lipinski definition) is 1. The maximum atomic E-state index is 13.4. The maximum Gasteiger partial charge on any atom is 0.416 e. The lowest BCUT2D eigenvalue weighted by atomic mass is 10.0. The monoisotopic (exact) mass is 406 g/mol. The first-order valence-electron chi connectivity index (χ1n) is 8.46. The minimum atomic E-state index is -4.53. The van der Waals surface area contributed by atoms with Crippen LogP contribution in [0.15, 0.2) is 53.7 Å². The largest absolute Gasteiger partial charge is 0.416 e. The van der Waals surface area contributed by atoms with Gasteiger partial charge in [-0.15, -0.1) is 0 Å². The molecule has 0 saturated heterocycles. The molecule has 6 nitrogen and oxygen atoms in total. The fraction of sp³-hybridized carbons (Fsp3) is 0.222. The van der Waals surface area contributed by atoms with Crippen LogP contribution < -0.4 is 0 Å². The van der Waals surface area contributed by atoms with Crippen LogP contribution in [0.1, 0.15) is 40.2 Å². The Kier molecular flexibility index (Phi) is 3.50. The molecule has 2 atom stereocenters. The Morgan fingerprint density at radius 1 is 1.11 bits per heavy atom. The van der Waals surface area contributed by atoms with Crippen LogP contribution in [-0.2, 0) is 22.6 Å². The number of hydrogen-bond acceptors (Lipinski definition) is 4. The molecule has 28 heavy (non-hydrogen) atoms. The van der Waals surface area contributed by atoms with Gasteiger partial charge in [0.05, 0.1) is 34.4 Å². The number of halogens is 3. The lowest BCUT2D eigenvalue weighted by Crippen LogP contribution is -2.37. The molecule has 1 N–H and O–H groups in total. The van der Waals surface area contributed by atoms with Crippen LogP contribution in [0.25, 0.3) is 0 Å². The van der Waals surface area contributed by atoms with Crippen molar-refractivity contribution in [3.05, 3.63) is 76.9 Å². The summed E-state index contributed by atoms with van der Waals surface area (Å²) >= 11 is 0. The van der Waals surface area contributed by atoms with E-state index in [2.05, 4.69) is 15.2 Å². The summed E-state index contributed by atoms with van der Waals surface area (Å²) in [4.78, 5) is 4.19. The van der Waals surface area contributed by atoms with Crippen molar-refractivity contribution in [2.75, 3.05) is 0 Å². The molecule has 5 rings (SSSR count). The maximum absolute atomic E-state index is 13.4. The predicted octanol–water partition coefficient (Wildman–Crippen LogP) is 3.21. The molecule has 2 aliphatic rings. The molecule has 4 heterocycles. The second kappa shape index (κ2) is 5.65. The molecule has 2 aromatic heterocycles. The van der Waals surface area contributed by atoms with Crippen molar-refractivity contribution in [3.8, 4) is 0 Å². The van der Waals surface area contributed by atoms with Crippen molar-refractivity contribution in [2.24, 2.45) is 0 Å². The van der Waals surface area contributed by atoms with Gasteiger partial charge in [-0.1, -0.05) is 6.07 Å². The standard InChI is InChI=1S/C18H13F3N4O2S/c19-18(20,21)10-3-5-11(6-4-10)28(26,27)25-15-8-14-13(9-23-24-14)17(25)12-2-1-7-22-16(12)15/h1-7,9,15,17H,8H2,(H,23,24). The average Bonchev–Trinajstić information content (AvgIpc) is 3.23.